The van der Waals surface area contributed by atoms with Crippen molar-refractivity contribution in [3.05, 3.63) is 59.7 Å². The largest absolute Gasteiger partial charge is 0.490 e. The predicted octanol–water partition coefficient (Wildman–Crippen LogP) is 3.30. The molecule has 0 amide bonds. The second-order valence-electron chi connectivity index (χ2n) is 4.19. The summed E-state index contributed by atoms with van der Waals surface area (Å²) in [5.41, 5.74) is 7.52. The molecule has 2 aromatic rings. The fourth-order valence-electron chi connectivity index (χ4n) is 1.89. The highest BCUT2D eigenvalue weighted by molar-refractivity contribution is 7.80. The molecule has 104 valence electrons. The van der Waals surface area contributed by atoms with E-state index in [1.54, 1.807) is 0 Å². The zero-order valence-electron chi connectivity index (χ0n) is 11.3. The average Bonchev–Trinajstić information content (AvgIpc) is 2.47. The van der Waals surface area contributed by atoms with Gasteiger partial charge in [0.2, 0.25) is 0 Å². The Kier molecular flexibility index (Phi) is 4.96. The summed E-state index contributed by atoms with van der Waals surface area (Å²) in [6.07, 6.45) is 0. The second kappa shape index (κ2) is 6.91. The van der Waals surface area contributed by atoms with Crippen molar-refractivity contribution in [3.8, 4) is 11.5 Å². The quantitative estimate of drug-likeness (QED) is 0.828. The molecule has 0 heterocycles. The lowest BCUT2D eigenvalue weighted by atomic mass is 10.1. The number of para-hydroxylation sites is 2. The lowest BCUT2D eigenvalue weighted by molar-refractivity contribution is 0.269. The van der Waals surface area contributed by atoms with E-state index in [1.807, 2.05) is 55.5 Å². The van der Waals surface area contributed by atoms with Crippen LogP contribution in [-0.4, -0.2) is 11.6 Å². The second-order valence-corrected chi connectivity index (χ2v) is 4.63. The standard InChI is InChI=1S/C16H17NO2S/c1-2-18-14-9-5-6-10-15(14)19-11-12-7-3-4-8-13(12)16(17)20/h3-10H,2,11H2,1H3,(H2,17,20). The summed E-state index contributed by atoms with van der Waals surface area (Å²) in [6, 6.07) is 15.3. The monoisotopic (exact) mass is 287 g/mol. The van der Waals surface area contributed by atoms with E-state index in [0.717, 1.165) is 16.9 Å². The van der Waals surface area contributed by atoms with Gasteiger partial charge in [-0.1, -0.05) is 48.6 Å². The van der Waals surface area contributed by atoms with E-state index in [-0.39, 0.29) is 0 Å². The maximum Gasteiger partial charge on any atom is 0.161 e. The van der Waals surface area contributed by atoms with Crippen LogP contribution in [0.25, 0.3) is 0 Å². The van der Waals surface area contributed by atoms with Crippen molar-refractivity contribution >= 4 is 17.2 Å². The van der Waals surface area contributed by atoms with E-state index in [2.05, 4.69) is 0 Å². The van der Waals surface area contributed by atoms with Crippen molar-refractivity contribution < 1.29 is 9.47 Å². The SMILES string of the molecule is CCOc1ccccc1OCc1ccccc1C(N)=S. The van der Waals surface area contributed by atoms with Crippen molar-refractivity contribution in [3.63, 3.8) is 0 Å². The molecule has 3 nitrogen and oxygen atoms in total. The lowest BCUT2D eigenvalue weighted by Gasteiger charge is -2.13. The highest BCUT2D eigenvalue weighted by atomic mass is 32.1. The Bertz CT molecular complexity index is 599. The Hall–Kier alpha value is -2.07. The molecule has 0 saturated heterocycles. The van der Waals surface area contributed by atoms with Crippen molar-refractivity contribution in [1.82, 2.24) is 0 Å². The Morgan fingerprint density at radius 3 is 2.25 bits per heavy atom. The van der Waals surface area contributed by atoms with Gasteiger partial charge in [0, 0.05) is 5.56 Å². The molecule has 0 unspecified atom stereocenters. The zero-order valence-corrected chi connectivity index (χ0v) is 12.2. The molecule has 0 aliphatic heterocycles. The van der Waals surface area contributed by atoms with Crippen LogP contribution in [0.1, 0.15) is 18.1 Å². The minimum Gasteiger partial charge on any atom is -0.490 e. The molecule has 2 N–H and O–H groups in total. The molecule has 0 spiro atoms. The summed E-state index contributed by atoms with van der Waals surface area (Å²) in [4.78, 5) is 0.377. The van der Waals surface area contributed by atoms with Gasteiger partial charge in [0.1, 0.15) is 11.6 Å². The molecular weight excluding hydrogens is 270 g/mol. The first-order valence-corrected chi connectivity index (χ1v) is 6.85. The Morgan fingerprint density at radius 1 is 1.00 bits per heavy atom. The molecule has 2 aromatic carbocycles. The van der Waals surface area contributed by atoms with Crippen molar-refractivity contribution in [2.45, 2.75) is 13.5 Å². The number of rotatable bonds is 6. The van der Waals surface area contributed by atoms with Crippen LogP contribution >= 0.6 is 12.2 Å². The number of hydrogen-bond acceptors (Lipinski definition) is 3. The van der Waals surface area contributed by atoms with Gasteiger partial charge in [-0.05, 0) is 24.6 Å². The number of thiocarbonyl (C=S) groups is 1. The molecule has 0 saturated carbocycles. The maximum atomic E-state index is 5.83. The third-order valence-electron chi connectivity index (χ3n) is 2.81. The molecule has 0 bridgehead atoms. The van der Waals surface area contributed by atoms with Crippen LogP contribution in [0.3, 0.4) is 0 Å². The fraction of sp³-hybridized carbons (Fsp3) is 0.188. The van der Waals surface area contributed by atoms with Gasteiger partial charge in [-0.25, -0.2) is 0 Å². The molecular formula is C16H17NO2S. The van der Waals surface area contributed by atoms with Crippen LogP contribution < -0.4 is 15.2 Å². The first-order chi connectivity index (χ1) is 9.72. The highest BCUT2D eigenvalue weighted by Gasteiger charge is 2.07. The van der Waals surface area contributed by atoms with Gasteiger partial charge in [-0.3, -0.25) is 0 Å². The van der Waals surface area contributed by atoms with Gasteiger partial charge < -0.3 is 15.2 Å². The van der Waals surface area contributed by atoms with Crippen LogP contribution in [0.4, 0.5) is 0 Å². The third kappa shape index (κ3) is 3.48. The van der Waals surface area contributed by atoms with Gasteiger partial charge in [-0.2, -0.15) is 0 Å². The summed E-state index contributed by atoms with van der Waals surface area (Å²) < 4.78 is 11.4. The molecule has 2 rings (SSSR count). The normalized spacial score (nSPS) is 10.1. The van der Waals surface area contributed by atoms with Crippen molar-refractivity contribution in [1.29, 1.82) is 0 Å². The Balaban J connectivity index is 2.15. The molecule has 0 aliphatic rings. The van der Waals surface area contributed by atoms with E-state index < -0.39 is 0 Å². The van der Waals surface area contributed by atoms with E-state index in [1.165, 1.54) is 0 Å². The molecule has 0 radical (unpaired) electrons. The van der Waals surface area contributed by atoms with Crippen LogP contribution in [-0.2, 0) is 6.61 Å². The van der Waals surface area contributed by atoms with E-state index in [0.29, 0.717) is 24.0 Å². The van der Waals surface area contributed by atoms with E-state index >= 15 is 0 Å². The van der Waals surface area contributed by atoms with Gasteiger partial charge in [0.05, 0.1) is 6.61 Å². The Morgan fingerprint density at radius 2 is 1.60 bits per heavy atom. The van der Waals surface area contributed by atoms with Gasteiger partial charge in [0.25, 0.3) is 0 Å². The third-order valence-corrected chi connectivity index (χ3v) is 3.03. The van der Waals surface area contributed by atoms with E-state index in [9.17, 15) is 0 Å². The zero-order chi connectivity index (χ0) is 14.4. The molecule has 0 aliphatic carbocycles. The molecule has 20 heavy (non-hydrogen) atoms. The lowest BCUT2D eigenvalue weighted by Crippen LogP contribution is -2.13. The van der Waals surface area contributed by atoms with E-state index in [4.69, 9.17) is 27.4 Å². The summed E-state index contributed by atoms with van der Waals surface area (Å²) in [6.45, 7) is 2.94. The molecule has 0 atom stereocenters. The first-order valence-electron chi connectivity index (χ1n) is 6.44. The minimum absolute atomic E-state index is 0.377. The Labute approximate surface area is 124 Å². The summed E-state index contributed by atoms with van der Waals surface area (Å²) in [7, 11) is 0. The number of ether oxygens (including phenoxy) is 2. The molecule has 4 heteroatoms. The number of nitrogens with two attached hydrogens (primary N) is 1. The smallest absolute Gasteiger partial charge is 0.161 e. The van der Waals surface area contributed by atoms with Crippen LogP contribution in [0.15, 0.2) is 48.5 Å². The first kappa shape index (κ1) is 14.3. The summed E-state index contributed by atoms with van der Waals surface area (Å²) >= 11 is 5.05. The fourth-order valence-corrected chi connectivity index (χ4v) is 2.09. The number of hydrogen-bond donors (Lipinski definition) is 1. The van der Waals surface area contributed by atoms with Crippen LogP contribution in [0.2, 0.25) is 0 Å². The topological polar surface area (TPSA) is 44.5 Å². The number of benzene rings is 2. The van der Waals surface area contributed by atoms with Gasteiger partial charge in [-0.15, -0.1) is 0 Å². The predicted molar refractivity (Wildman–Crippen MR) is 84.3 cm³/mol. The van der Waals surface area contributed by atoms with Crippen LogP contribution in [0, 0.1) is 0 Å². The van der Waals surface area contributed by atoms with Gasteiger partial charge >= 0.3 is 0 Å². The molecule has 0 fully saturated rings. The highest BCUT2D eigenvalue weighted by Crippen LogP contribution is 2.27. The maximum absolute atomic E-state index is 5.83. The molecule has 0 aromatic heterocycles. The van der Waals surface area contributed by atoms with Gasteiger partial charge in [0.15, 0.2) is 11.5 Å². The minimum atomic E-state index is 0.377. The summed E-state index contributed by atoms with van der Waals surface area (Å²) in [5.74, 6) is 1.45. The van der Waals surface area contributed by atoms with Crippen LogP contribution in [0.5, 0.6) is 11.5 Å². The summed E-state index contributed by atoms with van der Waals surface area (Å²) in [5, 5.41) is 0. The van der Waals surface area contributed by atoms with Crippen molar-refractivity contribution in [2.24, 2.45) is 5.73 Å². The average molecular weight is 287 g/mol. The van der Waals surface area contributed by atoms with Crippen molar-refractivity contribution in [2.75, 3.05) is 6.61 Å².